The molecule has 1 aliphatic heterocycles. The smallest absolute Gasteiger partial charge is 0.319 e. The lowest BCUT2D eigenvalue weighted by Gasteiger charge is -2.28. The number of fused-ring (bicyclic) bond motifs is 1. The molecule has 0 fully saturated rings. The van der Waals surface area contributed by atoms with Gasteiger partial charge in [0.1, 0.15) is 0 Å². The van der Waals surface area contributed by atoms with Gasteiger partial charge in [-0.2, -0.15) is 0 Å². The van der Waals surface area contributed by atoms with E-state index in [4.69, 9.17) is 9.47 Å². The molecule has 8 nitrogen and oxygen atoms in total. The van der Waals surface area contributed by atoms with Crippen LogP contribution >= 0.6 is 0 Å². The number of rotatable bonds is 4. The number of anilines is 1. The van der Waals surface area contributed by atoms with Gasteiger partial charge in [0.2, 0.25) is 0 Å². The summed E-state index contributed by atoms with van der Waals surface area (Å²) in [4.78, 5) is 22.7. The Morgan fingerprint density at radius 1 is 1.35 bits per heavy atom. The molecule has 2 N–H and O–H groups in total. The van der Waals surface area contributed by atoms with Crippen LogP contribution in [-0.2, 0) is 0 Å². The molecule has 0 unspecified atom stereocenters. The Labute approximate surface area is 150 Å². The van der Waals surface area contributed by atoms with Gasteiger partial charge in [-0.15, -0.1) is 0 Å². The van der Waals surface area contributed by atoms with Crippen LogP contribution in [0.15, 0.2) is 36.4 Å². The van der Waals surface area contributed by atoms with Crippen LogP contribution in [0.3, 0.4) is 0 Å². The van der Waals surface area contributed by atoms with Gasteiger partial charge in [0.25, 0.3) is 5.69 Å². The lowest BCUT2D eigenvalue weighted by atomic mass is 9.98. The van der Waals surface area contributed by atoms with Gasteiger partial charge in [0.15, 0.2) is 11.5 Å². The maximum absolute atomic E-state index is 12.3. The molecule has 26 heavy (non-hydrogen) atoms. The minimum Gasteiger partial charge on any atom is -0.493 e. The number of urea groups is 1. The summed E-state index contributed by atoms with van der Waals surface area (Å²) in [6.45, 7) is 2.39. The predicted octanol–water partition coefficient (Wildman–Crippen LogP) is 3.56. The predicted molar refractivity (Wildman–Crippen MR) is 95.8 cm³/mol. The fraction of sp³-hybridized carbons (Fsp3) is 0.278. The molecule has 0 saturated carbocycles. The van der Waals surface area contributed by atoms with Crippen LogP contribution in [0.2, 0.25) is 0 Å². The number of ether oxygens (including phenoxy) is 2. The quantitative estimate of drug-likeness (QED) is 0.643. The SMILES string of the molecule is COc1cc(C)cc2c1OCC[C@H]2NC(=O)Nc1cccc([N+](=O)[O-])c1. The maximum Gasteiger partial charge on any atom is 0.319 e. The minimum absolute atomic E-state index is 0.0837. The Balaban J connectivity index is 1.76. The molecule has 0 spiro atoms. The van der Waals surface area contributed by atoms with Gasteiger partial charge >= 0.3 is 6.03 Å². The molecule has 3 rings (SSSR count). The first-order valence-electron chi connectivity index (χ1n) is 8.11. The molecular weight excluding hydrogens is 338 g/mol. The second-order valence-corrected chi connectivity index (χ2v) is 5.98. The Kier molecular flexibility index (Phi) is 4.92. The summed E-state index contributed by atoms with van der Waals surface area (Å²) in [5, 5.41) is 16.4. The van der Waals surface area contributed by atoms with E-state index in [1.165, 1.54) is 18.2 Å². The highest BCUT2D eigenvalue weighted by molar-refractivity contribution is 5.90. The number of nitrogens with zero attached hydrogens (tertiary/aromatic N) is 1. The van der Waals surface area contributed by atoms with Crippen molar-refractivity contribution in [2.75, 3.05) is 19.0 Å². The summed E-state index contributed by atoms with van der Waals surface area (Å²) in [6.07, 6.45) is 0.613. The van der Waals surface area contributed by atoms with Crippen LogP contribution in [0.5, 0.6) is 11.5 Å². The summed E-state index contributed by atoms with van der Waals surface area (Å²) in [6, 6.07) is 8.94. The number of aryl methyl sites for hydroxylation is 1. The van der Waals surface area contributed by atoms with E-state index in [2.05, 4.69) is 10.6 Å². The minimum atomic E-state index is -0.507. The summed E-state index contributed by atoms with van der Waals surface area (Å²) in [7, 11) is 1.57. The standard InChI is InChI=1S/C18H19N3O5/c1-11-8-14-15(6-7-26-17(14)16(9-11)25-2)20-18(22)19-12-4-3-5-13(10-12)21(23)24/h3-5,8-10,15H,6-7H2,1-2H3,(H2,19,20,22)/t15-/m1/s1. The average molecular weight is 357 g/mol. The van der Waals surface area contributed by atoms with Crippen molar-refractivity contribution < 1.29 is 19.2 Å². The first-order chi connectivity index (χ1) is 12.5. The van der Waals surface area contributed by atoms with Gasteiger partial charge in [-0.3, -0.25) is 10.1 Å². The van der Waals surface area contributed by atoms with Crippen molar-refractivity contribution >= 4 is 17.4 Å². The fourth-order valence-electron chi connectivity index (χ4n) is 2.94. The highest BCUT2D eigenvalue weighted by atomic mass is 16.6. The Morgan fingerprint density at radius 3 is 2.88 bits per heavy atom. The number of nitro groups is 1. The number of benzene rings is 2. The molecule has 0 aromatic heterocycles. The number of amides is 2. The number of carbonyl (C=O) groups excluding carboxylic acids is 1. The van der Waals surface area contributed by atoms with Crippen molar-refractivity contribution in [3.8, 4) is 11.5 Å². The van der Waals surface area contributed by atoms with E-state index in [0.717, 1.165) is 11.1 Å². The van der Waals surface area contributed by atoms with Crippen molar-refractivity contribution in [1.29, 1.82) is 0 Å². The second kappa shape index (κ2) is 7.30. The van der Waals surface area contributed by atoms with Crippen molar-refractivity contribution in [3.63, 3.8) is 0 Å². The van der Waals surface area contributed by atoms with Crippen LogP contribution in [0.25, 0.3) is 0 Å². The van der Waals surface area contributed by atoms with Crippen LogP contribution in [0.4, 0.5) is 16.2 Å². The van der Waals surface area contributed by atoms with Crippen molar-refractivity contribution in [2.45, 2.75) is 19.4 Å². The number of non-ortho nitro benzene ring substituents is 1. The maximum atomic E-state index is 12.3. The largest absolute Gasteiger partial charge is 0.493 e. The molecule has 1 heterocycles. The molecule has 8 heteroatoms. The molecule has 0 radical (unpaired) electrons. The van der Waals surface area contributed by atoms with Gasteiger partial charge in [0, 0.05) is 29.8 Å². The summed E-state index contributed by atoms with van der Waals surface area (Å²) in [5.74, 6) is 1.26. The highest BCUT2D eigenvalue weighted by Gasteiger charge is 2.26. The number of carbonyl (C=O) groups is 1. The van der Waals surface area contributed by atoms with Gasteiger partial charge in [-0.1, -0.05) is 12.1 Å². The molecule has 1 atom stereocenters. The van der Waals surface area contributed by atoms with Crippen molar-refractivity contribution in [1.82, 2.24) is 5.32 Å². The Hall–Kier alpha value is -3.29. The third-order valence-electron chi connectivity index (χ3n) is 4.10. The van der Waals surface area contributed by atoms with Crippen molar-refractivity contribution in [2.24, 2.45) is 0 Å². The van der Waals surface area contributed by atoms with E-state index in [1.54, 1.807) is 13.2 Å². The zero-order chi connectivity index (χ0) is 18.7. The Bertz CT molecular complexity index is 853. The number of nitrogens with one attached hydrogen (secondary N) is 2. The Morgan fingerprint density at radius 2 is 2.15 bits per heavy atom. The number of nitro benzene ring substituents is 1. The topological polar surface area (TPSA) is 103 Å². The number of methoxy groups -OCH3 is 1. The first kappa shape index (κ1) is 17.5. The molecule has 1 aliphatic rings. The van der Waals surface area contributed by atoms with E-state index in [9.17, 15) is 14.9 Å². The first-order valence-corrected chi connectivity index (χ1v) is 8.11. The fourth-order valence-corrected chi connectivity index (χ4v) is 2.94. The van der Waals surface area contributed by atoms with Crippen LogP contribution < -0.4 is 20.1 Å². The lowest BCUT2D eigenvalue weighted by Crippen LogP contribution is -2.35. The van der Waals surface area contributed by atoms with Crippen molar-refractivity contribution in [3.05, 3.63) is 57.6 Å². The zero-order valence-corrected chi connectivity index (χ0v) is 14.4. The van der Waals surface area contributed by atoms with Gasteiger partial charge < -0.3 is 20.1 Å². The molecule has 0 aliphatic carbocycles. The number of hydrogen-bond donors (Lipinski definition) is 2. The molecule has 2 aromatic carbocycles. The van der Waals surface area contributed by atoms with Gasteiger partial charge in [-0.05, 0) is 24.6 Å². The molecule has 0 saturated heterocycles. The highest BCUT2D eigenvalue weighted by Crippen LogP contribution is 2.40. The van der Waals surface area contributed by atoms with Gasteiger partial charge in [-0.25, -0.2) is 4.79 Å². The van der Waals surface area contributed by atoms with E-state index in [0.29, 0.717) is 30.2 Å². The normalized spacial score (nSPS) is 15.4. The third-order valence-corrected chi connectivity index (χ3v) is 4.10. The zero-order valence-electron chi connectivity index (χ0n) is 14.4. The number of hydrogen-bond acceptors (Lipinski definition) is 5. The monoisotopic (exact) mass is 357 g/mol. The average Bonchev–Trinajstić information content (AvgIpc) is 2.61. The van der Waals surface area contributed by atoms with Crippen LogP contribution in [-0.4, -0.2) is 24.7 Å². The van der Waals surface area contributed by atoms with Crippen LogP contribution in [0, 0.1) is 17.0 Å². The lowest BCUT2D eigenvalue weighted by molar-refractivity contribution is -0.384. The second-order valence-electron chi connectivity index (χ2n) is 5.98. The molecular formula is C18H19N3O5. The summed E-state index contributed by atoms with van der Waals surface area (Å²) in [5.41, 5.74) is 2.12. The van der Waals surface area contributed by atoms with E-state index in [1.807, 2.05) is 19.1 Å². The molecule has 2 amide bonds. The molecule has 2 aromatic rings. The van der Waals surface area contributed by atoms with Crippen LogP contribution in [0.1, 0.15) is 23.6 Å². The summed E-state index contributed by atoms with van der Waals surface area (Å²) >= 11 is 0. The summed E-state index contributed by atoms with van der Waals surface area (Å²) < 4.78 is 11.1. The van der Waals surface area contributed by atoms with Gasteiger partial charge in [0.05, 0.1) is 24.7 Å². The third kappa shape index (κ3) is 3.69. The van der Waals surface area contributed by atoms with E-state index >= 15 is 0 Å². The van der Waals surface area contributed by atoms with E-state index < -0.39 is 11.0 Å². The van der Waals surface area contributed by atoms with E-state index in [-0.39, 0.29) is 11.7 Å². The molecule has 136 valence electrons. The molecule has 0 bridgehead atoms.